The molecule has 0 radical (unpaired) electrons. The fraction of sp³-hybridized carbons (Fsp3) is 0.174. The molecule has 4 heteroatoms. The molecule has 0 unspecified atom stereocenters. The van der Waals surface area contributed by atoms with Gasteiger partial charge in [0, 0.05) is 17.8 Å². The van der Waals surface area contributed by atoms with E-state index in [2.05, 4.69) is 37.4 Å². The molecule has 0 atom stereocenters. The fourth-order valence-electron chi connectivity index (χ4n) is 2.74. The van der Waals surface area contributed by atoms with Crippen molar-refractivity contribution in [3.05, 3.63) is 94.5 Å². The summed E-state index contributed by atoms with van der Waals surface area (Å²) < 4.78 is 5.97. The van der Waals surface area contributed by atoms with E-state index in [1.807, 2.05) is 24.3 Å². The number of anilines is 1. The number of carbonyl (C=O) groups is 1. The summed E-state index contributed by atoms with van der Waals surface area (Å²) in [6.45, 7) is 5.26. The fourth-order valence-corrected chi connectivity index (χ4v) is 2.74. The molecule has 138 valence electrons. The number of rotatable bonds is 7. The van der Waals surface area contributed by atoms with Gasteiger partial charge in [-0.1, -0.05) is 36.4 Å². The second-order valence-corrected chi connectivity index (χ2v) is 6.55. The summed E-state index contributed by atoms with van der Waals surface area (Å²) in [4.78, 5) is 10.9. The molecule has 2 N–H and O–H groups in total. The molecule has 0 heterocycles. The van der Waals surface area contributed by atoms with Crippen molar-refractivity contribution in [3.8, 4) is 5.75 Å². The molecule has 3 aromatic carbocycles. The van der Waals surface area contributed by atoms with E-state index >= 15 is 0 Å². The second-order valence-electron chi connectivity index (χ2n) is 6.55. The van der Waals surface area contributed by atoms with E-state index < -0.39 is 5.97 Å². The quantitative estimate of drug-likeness (QED) is 0.608. The Balaban J connectivity index is 1.64. The van der Waals surface area contributed by atoms with Crippen LogP contribution in [0.1, 0.15) is 32.6 Å². The predicted molar refractivity (Wildman–Crippen MR) is 107 cm³/mol. The molecule has 0 aliphatic rings. The van der Waals surface area contributed by atoms with Crippen molar-refractivity contribution in [1.82, 2.24) is 0 Å². The number of benzene rings is 3. The van der Waals surface area contributed by atoms with Crippen molar-refractivity contribution in [3.63, 3.8) is 0 Å². The summed E-state index contributed by atoms with van der Waals surface area (Å²) in [5, 5.41) is 12.4. The Labute approximate surface area is 159 Å². The van der Waals surface area contributed by atoms with Gasteiger partial charge in [-0.05, 0) is 60.9 Å². The van der Waals surface area contributed by atoms with E-state index in [1.54, 1.807) is 24.3 Å². The van der Waals surface area contributed by atoms with E-state index in [4.69, 9.17) is 9.84 Å². The highest BCUT2D eigenvalue weighted by atomic mass is 16.5. The Hall–Kier alpha value is -3.27. The number of hydrogen-bond donors (Lipinski definition) is 2. The smallest absolute Gasteiger partial charge is 0.335 e. The van der Waals surface area contributed by atoms with Crippen LogP contribution in [0.15, 0.2) is 66.7 Å². The number of carboxylic acids is 1. The van der Waals surface area contributed by atoms with Crippen molar-refractivity contribution >= 4 is 11.7 Å². The molecule has 0 amide bonds. The molecule has 27 heavy (non-hydrogen) atoms. The monoisotopic (exact) mass is 361 g/mol. The van der Waals surface area contributed by atoms with Crippen molar-refractivity contribution in [2.24, 2.45) is 0 Å². The molecule has 0 fully saturated rings. The SMILES string of the molecule is Cc1ccc(NCc2ccccc2OCc2ccc(C(=O)O)cc2)cc1C. The third kappa shape index (κ3) is 4.88. The van der Waals surface area contributed by atoms with E-state index in [-0.39, 0.29) is 5.56 Å². The summed E-state index contributed by atoms with van der Waals surface area (Å²) in [6, 6.07) is 21.0. The molecule has 0 aromatic heterocycles. The minimum atomic E-state index is -0.926. The molecular formula is C23H23NO3. The highest BCUT2D eigenvalue weighted by molar-refractivity contribution is 5.87. The summed E-state index contributed by atoms with van der Waals surface area (Å²) in [5.41, 5.74) is 5.89. The maximum Gasteiger partial charge on any atom is 0.335 e. The molecular weight excluding hydrogens is 338 g/mol. The maximum atomic E-state index is 10.9. The van der Waals surface area contributed by atoms with Gasteiger partial charge in [0.1, 0.15) is 12.4 Å². The molecule has 0 aliphatic carbocycles. The lowest BCUT2D eigenvalue weighted by atomic mass is 10.1. The topological polar surface area (TPSA) is 58.6 Å². The Bertz CT molecular complexity index is 933. The number of hydrogen-bond acceptors (Lipinski definition) is 3. The number of para-hydroxylation sites is 1. The third-order valence-corrected chi connectivity index (χ3v) is 4.56. The molecule has 0 aliphatic heterocycles. The van der Waals surface area contributed by atoms with E-state index in [1.165, 1.54) is 11.1 Å². The number of aromatic carboxylic acids is 1. The molecule has 0 saturated heterocycles. The lowest BCUT2D eigenvalue weighted by Crippen LogP contribution is -2.04. The molecule has 0 bridgehead atoms. The lowest BCUT2D eigenvalue weighted by Gasteiger charge is -2.14. The highest BCUT2D eigenvalue weighted by Crippen LogP contribution is 2.22. The first-order chi connectivity index (χ1) is 13.0. The average molecular weight is 361 g/mol. The largest absolute Gasteiger partial charge is 0.489 e. The van der Waals surface area contributed by atoms with Crippen LogP contribution in [0.3, 0.4) is 0 Å². The van der Waals surface area contributed by atoms with Crippen LogP contribution in [0.2, 0.25) is 0 Å². The minimum Gasteiger partial charge on any atom is -0.489 e. The van der Waals surface area contributed by atoms with Crippen LogP contribution in [-0.2, 0) is 13.2 Å². The van der Waals surface area contributed by atoms with Crippen LogP contribution in [0.25, 0.3) is 0 Å². The van der Waals surface area contributed by atoms with E-state index in [0.29, 0.717) is 13.2 Å². The van der Waals surface area contributed by atoms with Gasteiger partial charge in [-0.2, -0.15) is 0 Å². The third-order valence-electron chi connectivity index (χ3n) is 4.56. The first-order valence-corrected chi connectivity index (χ1v) is 8.87. The Morgan fingerprint density at radius 1 is 0.963 bits per heavy atom. The van der Waals surface area contributed by atoms with Crippen LogP contribution in [0, 0.1) is 13.8 Å². The van der Waals surface area contributed by atoms with Crippen LogP contribution in [-0.4, -0.2) is 11.1 Å². The van der Waals surface area contributed by atoms with Gasteiger partial charge in [0.05, 0.1) is 5.56 Å². The van der Waals surface area contributed by atoms with E-state index in [0.717, 1.165) is 22.6 Å². The van der Waals surface area contributed by atoms with Crippen LogP contribution in [0.5, 0.6) is 5.75 Å². The van der Waals surface area contributed by atoms with Crippen molar-refractivity contribution in [2.45, 2.75) is 27.0 Å². The average Bonchev–Trinajstić information content (AvgIpc) is 2.68. The standard InChI is InChI=1S/C23H23NO3/c1-16-7-12-21(13-17(16)2)24-14-20-5-3-4-6-22(20)27-15-18-8-10-19(11-9-18)23(25)26/h3-13,24H,14-15H2,1-2H3,(H,25,26). The van der Waals surface area contributed by atoms with Crippen molar-refractivity contribution in [2.75, 3.05) is 5.32 Å². The number of carboxylic acid groups (broad SMARTS) is 1. The summed E-state index contributed by atoms with van der Waals surface area (Å²) in [5.74, 6) is -0.110. The van der Waals surface area contributed by atoms with Gasteiger partial charge in [-0.15, -0.1) is 0 Å². The number of ether oxygens (including phenoxy) is 1. The first-order valence-electron chi connectivity index (χ1n) is 8.87. The zero-order valence-corrected chi connectivity index (χ0v) is 15.5. The highest BCUT2D eigenvalue weighted by Gasteiger charge is 2.06. The molecule has 0 spiro atoms. The van der Waals surface area contributed by atoms with Gasteiger partial charge in [0.25, 0.3) is 0 Å². The van der Waals surface area contributed by atoms with Gasteiger partial charge in [-0.25, -0.2) is 4.79 Å². The van der Waals surface area contributed by atoms with E-state index in [9.17, 15) is 4.79 Å². The van der Waals surface area contributed by atoms with Crippen LogP contribution >= 0.6 is 0 Å². The van der Waals surface area contributed by atoms with Crippen molar-refractivity contribution in [1.29, 1.82) is 0 Å². The maximum absolute atomic E-state index is 10.9. The summed E-state index contributed by atoms with van der Waals surface area (Å²) in [7, 11) is 0. The van der Waals surface area contributed by atoms with Crippen LogP contribution < -0.4 is 10.1 Å². The zero-order chi connectivity index (χ0) is 19.2. The second kappa shape index (κ2) is 8.41. The Morgan fingerprint density at radius 2 is 1.70 bits per heavy atom. The van der Waals surface area contributed by atoms with Crippen molar-refractivity contribution < 1.29 is 14.6 Å². The number of aryl methyl sites for hydroxylation is 2. The predicted octanol–water partition coefficient (Wildman–Crippen LogP) is 5.19. The molecule has 3 aromatic rings. The molecule has 0 saturated carbocycles. The molecule has 3 rings (SSSR count). The van der Waals surface area contributed by atoms with Gasteiger partial charge < -0.3 is 15.2 Å². The first kappa shape index (κ1) is 18.5. The Morgan fingerprint density at radius 3 is 2.41 bits per heavy atom. The minimum absolute atomic E-state index is 0.275. The summed E-state index contributed by atoms with van der Waals surface area (Å²) in [6.07, 6.45) is 0. The summed E-state index contributed by atoms with van der Waals surface area (Å²) >= 11 is 0. The molecule has 4 nitrogen and oxygen atoms in total. The zero-order valence-electron chi connectivity index (χ0n) is 15.5. The van der Waals surface area contributed by atoms with Gasteiger partial charge in [0.2, 0.25) is 0 Å². The van der Waals surface area contributed by atoms with Gasteiger partial charge in [0.15, 0.2) is 0 Å². The lowest BCUT2D eigenvalue weighted by molar-refractivity contribution is 0.0697. The Kier molecular flexibility index (Phi) is 5.77. The van der Waals surface area contributed by atoms with Crippen LogP contribution in [0.4, 0.5) is 5.69 Å². The normalized spacial score (nSPS) is 10.4. The van der Waals surface area contributed by atoms with Gasteiger partial charge >= 0.3 is 5.97 Å². The van der Waals surface area contributed by atoms with Gasteiger partial charge in [-0.3, -0.25) is 0 Å². The number of nitrogens with one attached hydrogen (secondary N) is 1.